The lowest BCUT2D eigenvalue weighted by atomic mass is 10.1. The molecule has 2 heterocycles. The zero-order valence-corrected chi connectivity index (χ0v) is 11.8. The van der Waals surface area contributed by atoms with Crippen LogP contribution in [0.1, 0.15) is 22.3 Å². The first-order chi connectivity index (χ1) is 10.7. The van der Waals surface area contributed by atoms with Gasteiger partial charge >= 0.3 is 0 Å². The number of ether oxygens (including phenoxy) is 1. The Kier molecular flexibility index (Phi) is 4.00. The molecule has 0 unspecified atom stereocenters. The number of benzene rings is 1. The number of amides is 2. The van der Waals surface area contributed by atoms with E-state index < -0.39 is 0 Å². The molecular weight excluding hydrogens is 282 g/mol. The van der Waals surface area contributed by atoms with Crippen molar-refractivity contribution < 1.29 is 14.3 Å². The van der Waals surface area contributed by atoms with Crippen molar-refractivity contribution in [3.8, 4) is 5.75 Å². The third kappa shape index (κ3) is 3.22. The number of carbonyl (C=O) groups is 2. The quantitative estimate of drug-likeness (QED) is 0.904. The minimum Gasteiger partial charge on any atom is -0.491 e. The minimum absolute atomic E-state index is 0.0725. The number of anilines is 1. The number of fused-ring (bicyclic) bond motifs is 1. The van der Waals surface area contributed by atoms with Crippen molar-refractivity contribution in [2.75, 3.05) is 11.9 Å². The highest BCUT2D eigenvalue weighted by Gasteiger charge is 2.14. The zero-order chi connectivity index (χ0) is 15.4. The summed E-state index contributed by atoms with van der Waals surface area (Å²) in [6.45, 7) is 0.737. The fourth-order valence-electron chi connectivity index (χ4n) is 2.16. The molecule has 3 rings (SSSR count). The highest BCUT2D eigenvalue weighted by molar-refractivity contribution is 5.94. The first-order valence-corrected chi connectivity index (χ1v) is 6.96. The van der Waals surface area contributed by atoms with E-state index in [0.29, 0.717) is 36.6 Å². The number of hydrogen-bond acceptors (Lipinski definition) is 4. The molecule has 1 aliphatic heterocycles. The van der Waals surface area contributed by atoms with Gasteiger partial charge in [-0.3, -0.25) is 14.6 Å². The summed E-state index contributed by atoms with van der Waals surface area (Å²) in [4.78, 5) is 27.4. The molecule has 2 amide bonds. The summed E-state index contributed by atoms with van der Waals surface area (Å²) in [6, 6.07) is 8.78. The van der Waals surface area contributed by atoms with Gasteiger partial charge in [0.1, 0.15) is 5.75 Å². The fraction of sp³-hybridized carbons (Fsp3) is 0.188. The largest absolute Gasteiger partial charge is 0.491 e. The van der Waals surface area contributed by atoms with Gasteiger partial charge in [-0.1, -0.05) is 6.07 Å². The molecule has 0 spiro atoms. The lowest BCUT2D eigenvalue weighted by Crippen LogP contribution is -2.22. The van der Waals surface area contributed by atoms with Gasteiger partial charge in [-0.05, 0) is 29.8 Å². The third-order valence-corrected chi connectivity index (χ3v) is 3.30. The summed E-state index contributed by atoms with van der Waals surface area (Å²) in [6.07, 6.45) is 3.48. The van der Waals surface area contributed by atoms with Gasteiger partial charge < -0.3 is 15.4 Å². The Morgan fingerprint density at radius 2 is 2.09 bits per heavy atom. The van der Waals surface area contributed by atoms with Crippen LogP contribution in [0.15, 0.2) is 42.7 Å². The maximum atomic E-state index is 12.0. The Bertz CT molecular complexity index is 701. The molecule has 0 aliphatic carbocycles. The lowest BCUT2D eigenvalue weighted by molar-refractivity contribution is -0.116. The van der Waals surface area contributed by atoms with Crippen molar-refractivity contribution >= 4 is 17.5 Å². The second-order valence-electron chi connectivity index (χ2n) is 4.90. The van der Waals surface area contributed by atoms with Gasteiger partial charge in [0.25, 0.3) is 5.91 Å². The summed E-state index contributed by atoms with van der Waals surface area (Å²) < 4.78 is 5.49. The minimum atomic E-state index is -0.169. The van der Waals surface area contributed by atoms with Gasteiger partial charge in [-0.15, -0.1) is 0 Å². The average Bonchev–Trinajstić information content (AvgIpc) is 2.73. The van der Waals surface area contributed by atoms with Crippen LogP contribution in [0.2, 0.25) is 0 Å². The molecule has 112 valence electrons. The van der Waals surface area contributed by atoms with E-state index >= 15 is 0 Å². The molecule has 0 saturated heterocycles. The zero-order valence-electron chi connectivity index (χ0n) is 11.8. The van der Waals surface area contributed by atoms with E-state index in [1.165, 1.54) is 0 Å². The number of rotatable bonds is 3. The van der Waals surface area contributed by atoms with Crippen LogP contribution in [0.3, 0.4) is 0 Å². The van der Waals surface area contributed by atoms with Crippen molar-refractivity contribution in [1.29, 1.82) is 0 Å². The van der Waals surface area contributed by atoms with Crippen molar-refractivity contribution in [2.24, 2.45) is 0 Å². The molecule has 0 radical (unpaired) electrons. The molecule has 6 heteroatoms. The monoisotopic (exact) mass is 297 g/mol. The van der Waals surface area contributed by atoms with Crippen LogP contribution in [-0.2, 0) is 11.3 Å². The first kappa shape index (κ1) is 14.1. The number of pyridine rings is 1. The molecule has 6 nitrogen and oxygen atoms in total. The van der Waals surface area contributed by atoms with E-state index in [0.717, 1.165) is 5.56 Å². The molecule has 0 atom stereocenters. The van der Waals surface area contributed by atoms with Crippen molar-refractivity contribution in [3.63, 3.8) is 0 Å². The van der Waals surface area contributed by atoms with E-state index in [1.54, 1.807) is 30.6 Å². The third-order valence-electron chi connectivity index (χ3n) is 3.30. The molecule has 0 saturated carbocycles. The van der Waals surface area contributed by atoms with E-state index in [9.17, 15) is 9.59 Å². The highest BCUT2D eigenvalue weighted by Crippen LogP contribution is 2.28. The second kappa shape index (κ2) is 6.26. The second-order valence-corrected chi connectivity index (χ2v) is 4.90. The lowest BCUT2D eigenvalue weighted by Gasteiger charge is -2.10. The molecule has 0 bridgehead atoms. The number of nitrogens with zero attached hydrogens (tertiary/aromatic N) is 1. The Morgan fingerprint density at radius 3 is 2.91 bits per heavy atom. The fourth-order valence-corrected chi connectivity index (χ4v) is 2.16. The predicted molar refractivity (Wildman–Crippen MR) is 80.6 cm³/mol. The van der Waals surface area contributed by atoms with Crippen LogP contribution in [0.5, 0.6) is 5.75 Å². The van der Waals surface area contributed by atoms with Gasteiger partial charge in [-0.2, -0.15) is 0 Å². The Balaban J connectivity index is 1.69. The smallest absolute Gasteiger partial charge is 0.251 e. The number of aromatic nitrogens is 1. The standard InChI is InChI=1S/C16H15N3O3/c20-15-5-8-22-14-2-1-11(9-13(14)19-15)10-18-16(21)12-3-6-17-7-4-12/h1-4,6-7,9H,5,8,10H2,(H,18,21)(H,19,20). The van der Waals surface area contributed by atoms with Crippen molar-refractivity contribution in [3.05, 3.63) is 53.9 Å². The van der Waals surface area contributed by atoms with E-state index in [1.807, 2.05) is 12.1 Å². The van der Waals surface area contributed by atoms with Crippen LogP contribution in [0.25, 0.3) is 0 Å². The Labute approximate surface area is 127 Å². The van der Waals surface area contributed by atoms with Crippen LogP contribution < -0.4 is 15.4 Å². The van der Waals surface area contributed by atoms with Gasteiger partial charge in [0.15, 0.2) is 0 Å². The van der Waals surface area contributed by atoms with E-state index in [2.05, 4.69) is 15.6 Å². The summed E-state index contributed by atoms with van der Waals surface area (Å²) in [5.41, 5.74) is 2.08. The van der Waals surface area contributed by atoms with Gasteiger partial charge in [0.05, 0.1) is 18.7 Å². The Morgan fingerprint density at radius 1 is 1.27 bits per heavy atom. The van der Waals surface area contributed by atoms with E-state index in [4.69, 9.17) is 4.74 Å². The molecule has 2 aromatic rings. The number of carbonyl (C=O) groups excluding carboxylic acids is 2. The summed E-state index contributed by atoms with van der Waals surface area (Å²) in [5.74, 6) is 0.407. The van der Waals surface area contributed by atoms with Crippen LogP contribution >= 0.6 is 0 Å². The van der Waals surface area contributed by atoms with Crippen LogP contribution in [0.4, 0.5) is 5.69 Å². The van der Waals surface area contributed by atoms with Gasteiger partial charge in [0, 0.05) is 24.5 Å². The predicted octanol–water partition coefficient (Wildman–Crippen LogP) is 1.73. The Hall–Kier alpha value is -2.89. The van der Waals surface area contributed by atoms with Gasteiger partial charge in [-0.25, -0.2) is 0 Å². The summed E-state index contributed by atoms with van der Waals surface area (Å²) in [5, 5.41) is 5.63. The van der Waals surface area contributed by atoms with Crippen molar-refractivity contribution in [2.45, 2.75) is 13.0 Å². The first-order valence-electron chi connectivity index (χ1n) is 6.96. The maximum Gasteiger partial charge on any atom is 0.251 e. The molecule has 1 aromatic carbocycles. The highest BCUT2D eigenvalue weighted by atomic mass is 16.5. The molecule has 1 aliphatic rings. The van der Waals surface area contributed by atoms with Crippen molar-refractivity contribution in [1.82, 2.24) is 10.3 Å². The molecule has 0 fully saturated rings. The summed E-state index contributed by atoms with van der Waals surface area (Å²) in [7, 11) is 0. The molecule has 22 heavy (non-hydrogen) atoms. The van der Waals surface area contributed by atoms with Gasteiger partial charge in [0.2, 0.25) is 5.91 Å². The van der Waals surface area contributed by atoms with Crippen LogP contribution in [0, 0.1) is 0 Å². The number of hydrogen-bond donors (Lipinski definition) is 2. The van der Waals surface area contributed by atoms with E-state index in [-0.39, 0.29) is 11.8 Å². The topological polar surface area (TPSA) is 80.3 Å². The maximum absolute atomic E-state index is 12.0. The molecular formula is C16H15N3O3. The van der Waals surface area contributed by atoms with Crippen LogP contribution in [-0.4, -0.2) is 23.4 Å². The number of nitrogens with one attached hydrogen (secondary N) is 2. The average molecular weight is 297 g/mol. The molecule has 2 N–H and O–H groups in total. The SMILES string of the molecule is O=C1CCOc2ccc(CNC(=O)c3ccncc3)cc2N1. The normalized spacial score (nSPS) is 13.4. The molecule has 1 aromatic heterocycles. The summed E-state index contributed by atoms with van der Waals surface area (Å²) >= 11 is 0.